The summed E-state index contributed by atoms with van der Waals surface area (Å²) >= 11 is 1.56. The van der Waals surface area contributed by atoms with E-state index in [1.165, 1.54) is 15.6 Å². The van der Waals surface area contributed by atoms with Crippen LogP contribution in [0.5, 0.6) is 0 Å². The van der Waals surface area contributed by atoms with Gasteiger partial charge in [0, 0.05) is 4.70 Å². The van der Waals surface area contributed by atoms with E-state index in [0.29, 0.717) is 0 Å². The van der Waals surface area contributed by atoms with Crippen molar-refractivity contribution in [3.8, 4) is 0 Å². The van der Waals surface area contributed by atoms with Gasteiger partial charge >= 0.3 is 0 Å². The Kier molecular flexibility index (Phi) is 2.15. The lowest BCUT2D eigenvalue weighted by Crippen LogP contribution is -1.75. The number of thiophene rings is 1. The lowest BCUT2D eigenvalue weighted by atomic mass is 10.1. The average molecular weight is 190 g/mol. The van der Waals surface area contributed by atoms with E-state index in [2.05, 4.69) is 25.1 Å². The molecule has 0 aliphatic heterocycles. The number of hydrogen-bond acceptors (Lipinski definition) is 2. The lowest BCUT2D eigenvalue weighted by Gasteiger charge is -1.94. The SMILES string of the molecule is CCc1ccc2cc(C=O)sc2c1. The summed E-state index contributed by atoms with van der Waals surface area (Å²) in [6.45, 7) is 2.13. The molecular weight excluding hydrogens is 180 g/mol. The Morgan fingerprint density at radius 3 is 2.92 bits per heavy atom. The van der Waals surface area contributed by atoms with Crippen molar-refractivity contribution < 1.29 is 4.79 Å². The van der Waals surface area contributed by atoms with Gasteiger partial charge in [0.2, 0.25) is 0 Å². The van der Waals surface area contributed by atoms with E-state index in [1.54, 1.807) is 11.3 Å². The molecule has 0 fully saturated rings. The predicted octanol–water partition coefficient (Wildman–Crippen LogP) is 3.28. The molecule has 0 aliphatic rings. The van der Waals surface area contributed by atoms with Gasteiger partial charge in [-0.1, -0.05) is 19.1 Å². The molecule has 0 unspecified atom stereocenters. The zero-order valence-electron chi connectivity index (χ0n) is 7.41. The van der Waals surface area contributed by atoms with E-state index in [-0.39, 0.29) is 0 Å². The summed E-state index contributed by atoms with van der Waals surface area (Å²) in [4.78, 5) is 11.3. The molecule has 1 nitrogen and oxygen atoms in total. The summed E-state index contributed by atoms with van der Waals surface area (Å²) in [7, 11) is 0. The van der Waals surface area contributed by atoms with Crippen LogP contribution < -0.4 is 0 Å². The molecule has 0 N–H and O–H groups in total. The van der Waals surface area contributed by atoms with Gasteiger partial charge in [-0.2, -0.15) is 0 Å². The topological polar surface area (TPSA) is 17.1 Å². The first-order chi connectivity index (χ1) is 6.33. The quantitative estimate of drug-likeness (QED) is 0.664. The van der Waals surface area contributed by atoms with Gasteiger partial charge < -0.3 is 0 Å². The lowest BCUT2D eigenvalue weighted by molar-refractivity contribution is 0.112. The van der Waals surface area contributed by atoms with E-state index < -0.39 is 0 Å². The summed E-state index contributed by atoms with van der Waals surface area (Å²) in [5.74, 6) is 0. The number of benzene rings is 1. The molecule has 2 aromatic rings. The Morgan fingerprint density at radius 1 is 1.38 bits per heavy atom. The first-order valence-corrected chi connectivity index (χ1v) is 5.13. The first kappa shape index (κ1) is 8.45. The summed E-state index contributed by atoms with van der Waals surface area (Å²) in [5.41, 5.74) is 1.33. The zero-order chi connectivity index (χ0) is 9.26. The average Bonchev–Trinajstić information content (AvgIpc) is 2.58. The van der Waals surface area contributed by atoms with Gasteiger partial charge in [0.05, 0.1) is 4.88 Å². The van der Waals surface area contributed by atoms with Crippen molar-refractivity contribution in [1.82, 2.24) is 0 Å². The third-order valence-corrected chi connectivity index (χ3v) is 3.15. The molecule has 1 aromatic heterocycles. The van der Waals surface area contributed by atoms with Gasteiger partial charge in [-0.25, -0.2) is 0 Å². The van der Waals surface area contributed by atoms with Gasteiger partial charge in [-0.05, 0) is 29.5 Å². The molecule has 13 heavy (non-hydrogen) atoms. The van der Waals surface area contributed by atoms with Crippen LogP contribution in [0, 0.1) is 0 Å². The maximum absolute atomic E-state index is 10.5. The van der Waals surface area contributed by atoms with Crippen LogP contribution in [0.25, 0.3) is 10.1 Å². The molecule has 0 radical (unpaired) electrons. The summed E-state index contributed by atoms with van der Waals surface area (Å²) < 4.78 is 1.21. The maximum atomic E-state index is 10.5. The van der Waals surface area contributed by atoms with E-state index in [0.717, 1.165) is 17.6 Å². The third-order valence-electron chi connectivity index (χ3n) is 2.13. The molecule has 1 aromatic carbocycles. The third kappa shape index (κ3) is 1.49. The van der Waals surface area contributed by atoms with E-state index in [4.69, 9.17) is 0 Å². The number of rotatable bonds is 2. The first-order valence-electron chi connectivity index (χ1n) is 4.31. The number of fused-ring (bicyclic) bond motifs is 1. The van der Waals surface area contributed by atoms with Gasteiger partial charge in [0.15, 0.2) is 6.29 Å². The number of aldehydes is 1. The predicted molar refractivity (Wildman–Crippen MR) is 56.6 cm³/mol. The van der Waals surface area contributed by atoms with Crippen molar-refractivity contribution >= 4 is 27.7 Å². The zero-order valence-corrected chi connectivity index (χ0v) is 8.23. The molecule has 0 spiro atoms. The largest absolute Gasteiger partial charge is 0.297 e. The molecule has 0 saturated heterocycles. The smallest absolute Gasteiger partial charge is 0.160 e. The summed E-state index contributed by atoms with van der Waals surface area (Å²) in [6, 6.07) is 8.29. The van der Waals surface area contributed by atoms with Crippen LogP contribution in [0.4, 0.5) is 0 Å². The second-order valence-electron chi connectivity index (χ2n) is 2.99. The summed E-state index contributed by atoms with van der Waals surface area (Å²) in [6.07, 6.45) is 1.96. The highest BCUT2D eigenvalue weighted by Gasteiger charge is 2.00. The fraction of sp³-hybridized carbons (Fsp3) is 0.182. The number of hydrogen-bond donors (Lipinski definition) is 0. The Labute approximate surface area is 81.0 Å². The maximum Gasteiger partial charge on any atom is 0.160 e. The molecule has 1 heterocycles. The number of aryl methyl sites for hydroxylation is 1. The number of carbonyl (C=O) groups is 1. The Morgan fingerprint density at radius 2 is 2.23 bits per heavy atom. The van der Waals surface area contributed by atoms with Gasteiger partial charge in [0.1, 0.15) is 0 Å². The van der Waals surface area contributed by atoms with Crippen molar-refractivity contribution in [3.63, 3.8) is 0 Å². The van der Waals surface area contributed by atoms with Crippen molar-refractivity contribution in [2.75, 3.05) is 0 Å². The van der Waals surface area contributed by atoms with E-state index >= 15 is 0 Å². The van der Waals surface area contributed by atoms with Gasteiger partial charge in [-0.15, -0.1) is 11.3 Å². The minimum absolute atomic E-state index is 0.809. The van der Waals surface area contributed by atoms with Crippen LogP contribution in [0.1, 0.15) is 22.2 Å². The normalized spacial score (nSPS) is 10.5. The van der Waals surface area contributed by atoms with Gasteiger partial charge in [0.25, 0.3) is 0 Å². The van der Waals surface area contributed by atoms with Crippen LogP contribution in [-0.2, 0) is 6.42 Å². The van der Waals surface area contributed by atoms with Crippen molar-refractivity contribution in [1.29, 1.82) is 0 Å². The monoisotopic (exact) mass is 190 g/mol. The van der Waals surface area contributed by atoms with Gasteiger partial charge in [-0.3, -0.25) is 4.79 Å². The van der Waals surface area contributed by atoms with Crippen molar-refractivity contribution in [2.45, 2.75) is 13.3 Å². The van der Waals surface area contributed by atoms with Crippen LogP contribution in [0.15, 0.2) is 24.3 Å². The molecule has 0 bridgehead atoms. The molecule has 0 saturated carbocycles. The molecule has 66 valence electrons. The van der Waals surface area contributed by atoms with E-state index in [9.17, 15) is 4.79 Å². The Bertz CT molecular complexity index is 442. The van der Waals surface area contributed by atoms with Crippen LogP contribution in [-0.4, -0.2) is 6.29 Å². The molecule has 0 aliphatic carbocycles. The Balaban J connectivity index is 2.63. The molecule has 2 heteroatoms. The molecule has 2 rings (SSSR count). The van der Waals surface area contributed by atoms with Crippen LogP contribution in [0.2, 0.25) is 0 Å². The fourth-order valence-electron chi connectivity index (χ4n) is 1.37. The van der Waals surface area contributed by atoms with Crippen LogP contribution in [0.3, 0.4) is 0 Å². The van der Waals surface area contributed by atoms with Crippen molar-refractivity contribution in [3.05, 3.63) is 34.7 Å². The second kappa shape index (κ2) is 3.30. The highest BCUT2D eigenvalue weighted by atomic mass is 32.1. The molecule has 0 amide bonds. The Hall–Kier alpha value is -1.15. The van der Waals surface area contributed by atoms with Crippen LogP contribution >= 0.6 is 11.3 Å². The second-order valence-corrected chi connectivity index (χ2v) is 4.11. The standard InChI is InChI=1S/C11H10OS/c1-2-8-3-4-9-6-10(7-12)13-11(9)5-8/h3-7H,2H2,1H3. The number of carbonyl (C=O) groups excluding carboxylic acids is 1. The highest BCUT2D eigenvalue weighted by Crippen LogP contribution is 2.25. The van der Waals surface area contributed by atoms with Crippen molar-refractivity contribution in [2.24, 2.45) is 0 Å². The molecular formula is C11H10OS. The highest BCUT2D eigenvalue weighted by molar-refractivity contribution is 7.20. The molecule has 0 atom stereocenters. The van der Waals surface area contributed by atoms with E-state index in [1.807, 2.05) is 6.07 Å². The fourth-order valence-corrected chi connectivity index (χ4v) is 2.32. The minimum atomic E-state index is 0.809. The minimum Gasteiger partial charge on any atom is -0.297 e. The summed E-state index contributed by atoms with van der Waals surface area (Å²) in [5, 5.41) is 1.17.